The van der Waals surface area contributed by atoms with E-state index >= 15 is 0 Å². The third kappa shape index (κ3) is 5.50. The van der Waals surface area contributed by atoms with Gasteiger partial charge in [0.1, 0.15) is 23.0 Å². The van der Waals surface area contributed by atoms with E-state index in [1.165, 1.54) is 86.4 Å². The zero-order chi connectivity index (χ0) is 29.2. The largest absolute Gasteiger partial charge is 0.507 e. The van der Waals surface area contributed by atoms with E-state index in [0.29, 0.717) is 16.7 Å². The topological polar surface area (TPSA) is 80.9 Å². The Morgan fingerprint density at radius 2 is 1.26 bits per heavy atom. The second-order valence-electron chi connectivity index (χ2n) is 11.7. The summed E-state index contributed by atoms with van der Waals surface area (Å²) in [7, 11) is 0. The fourth-order valence-electron chi connectivity index (χ4n) is 6.64. The van der Waals surface area contributed by atoms with Crippen molar-refractivity contribution in [1.82, 2.24) is 0 Å². The van der Waals surface area contributed by atoms with E-state index < -0.39 is 0 Å². The minimum Gasteiger partial charge on any atom is -0.507 e. The van der Waals surface area contributed by atoms with Crippen LogP contribution in [0.2, 0.25) is 0 Å². The Labute approximate surface area is 251 Å². The van der Waals surface area contributed by atoms with E-state index in [0.717, 1.165) is 21.3 Å². The number of aromatic hydroxyl groups is 4. The summed E-state index contributed by atoms with van der Waals surface area (Å²) in [6.45, 7) is 2.28. The van der Waals surface area contributed by atoms with Crippen molar-refractivity contribution in [3.63, 3.8) is 0 Å². The van der Waals surface area contributed by atoms with E-state index in [2.05, 4.69) is 55.5 Å². The van der Waals surface area contributed by atoms with Crippen LogP contribution in [0.25, 0.3) is 32.7 Å². The zero-order valence-corrected chi connectivity index (χ0v) is 24.8. The fraction of sp³-hybridized carbons (Fsp3) is 0.297. The Morgan fingerprint density at radius 1 is 0.643 bits per heavy atom. The first kappa shape index (κ1) is 28.3. The number of hydrogen-bond donors (Lipinski definition) is 4. The molecule has 5 aromatic carbocycles. The molecule has 1 aliphatic rings. The van der Waals surface area contributed by atoms with Crippen LogP contribution in [-0.2, 0) is 0 Å². The Morgan fingerprint density at radius 3 is 1.90 bits per heavy atom. The molecule has 0 aromatic heterocycles. The molecule has 1 aliphatic carbocycles. The van der Waals surface area contributed by atoms with Gasteiger partial charge in [-0.25, -0.2) is 0 Å². The van der Waals surface area contributed by atoms with Gasteiger partial charge in [0.2, 0.25) is 0 Å². The Kier molecular flexibility index (Phi) is 8.21. The molecule has 216 valence electrons. The molecule has 0 spiro atoms. The molecule has 1 fully saturated rings. The molecule has 0 saturated heterocycles. The van der Waals surface area contributed by atoms with Gasteiger partial charge in [-0.3, -0.25) is 0 Å². The lowest BCUT2D eigenvalue weighted by Crippen LogP contribution is -2.13. The minimum absolute atomic E-state index is 0.0341. The van der Waals surface area contributed by atoms with Crippen molar-refractivity contribution in [3.05, 3.63) is 84.4 Å². The van der Waals surface area contributed by atoms with Crippen LogP contribution >= 0.6 is 11.8 Å². The number of phenolic OH excluding ortho intramolecular Hbond substituents is 4. The monoisotopic (exact) mass is 578 g/mol. The molecule has 5 heteroatoms. The van der Waals surface area contributed by atoms with Crippen molar-refractivity contribution in [1.29, 1.82) is 0 Å². The normalized spacial score (nSPS) is 17.2. The van der Waals surface area contributed by atoms with Gasteiger partial charge < -0.3 is 20.4 Å². The fourth-order valence-corrected chi connectivity index (χ4v) is 7.62. The third-order valence-corrected chi connectivity index (χ3v) is 10.1. The van der Waals surface area contributed by atoms with Gasteiger partial charge in [-0.05, 0) is 84.5 Å². The van der Waals surface area contributed by atoms with Gasteiger partial charge in [0.05, 0.1) is 10.8 Å². The van der Waals surface area contributed by atoms with Gasteiger partial charge in [0.25, 0.3) is 0 Å². The standard InChI is InChI=1S/C37H38O4S/c1-2-3-4-6-23-9-11-24(12-10-23)25-13-15-26(16-14-25)27-17-19-28(20-18-27)42-32-8-5-7-29-33(32)37(41)35-31(39)22-21-30(38)34(35)36(29)40/h5,7-8,13-24,38-41H,2-4,6,9-12H2,1H3. The first-order valence-electron chi connectivity index (χ1n) is 15.1. The number of rotatable bonds is 8. The SMILES string of the molecule is CCCCCC1CCC(c2ccc(-c3ccc(Sc4cccc5c(O)c6c(O)ccc(O)c6c(O)c45)cc3)cc2)CC1. The molecule has 0 bridgehead atoms. The molecule has 4 N–H and O–H groups in total. The summed E-state index contributed by atoms with van der Waals surface area (Å²) < 4.78 is 0. The quantitative estimate of drug-likeness (QED) is 0.0836. The molecule has 0 radical (unpaired) electrons. The summed E-state index contributed by atoms with van der Waals surface area (Å²) in [6, 6.07) is 25.4. The lowest BCUT2D eigenvalue weighted by Gasteiger charge is -2.29. The smallest absolute Gasteiger partial charge is 0.136 e. The Balaban J connectivity index is 1.18. The first-order chi connectivity index (χ1) is 20.4. The highest BCUT2D eigenvalue weighted by Crippen LogP contribution is 2.51. The third-order valence-electron chi connectivity index (χ3n) is 9.01. The summed E-state index contributed by atoms with van der Waals surface area (Å²) >= 11 is 1.47. The predicted molar refractivity (Wildman–Crippen MR) is 173 cm³/mol. The van der Waals surface area contributed by atoms with Gasteiger partial charge in [-0.15, -0.1) is 0 Å². The lowest BCUT2D eigenvalue weighted by molar-refractivity contribution is 0.303. The van der Waals surface area contributed by atoms with E-state index in [9.17, 15) is 20.4 Å². The highest BCUT2D eigenvalue weighted by Gasteiger charge is 2.23. The molecule has 1 saturated carbocycles. The summed E-state index contributed by atoms with van der Waals surface area (Å²) in [6.07, 6.45) is 10.8. The molecular weight excluding hydrogens is 540 g/mol. The lowest BCUT2D eigenvalue weighted by atomic mass is 9.77. The molecule has 0 atom stereocenters. The minimum atomic E-state index is -0.206. The average molecular weight is 579 g/mol. The molecule has 0 aliphatic heterocycles. The predicted octanol–water partition coefficient (Wildman–Crippen LogP) is 10.5. The maximum Gasteiger partial charge on any atom is 0.136 e. The number of unbranched alkanes of at least 4 members (excludes halogenated alkanes) is 2. The van der Waals surface area contributed by atoms with Crippen LogP contribution in [0.15, 0.2) is 88.7 Å². The van der Waals surface area contributed by atoms with Crippen LogP contribution < -0.4 is 0 Å². The molecule has 4 nitrogen and oxygen atoms in total. The van der Waals surface area contributed by atoms with Gasteiger partial charge in [0, 0.05) is 20.6 Å². The Hall–Kier alpha value is -3.83. The van der Waals surface area contributed by atoms with Gasteiger partial charge >= 0.3 is 0 Å². The molecular formula is C37H38O4S. The van der Waals surface area contributed by atoms with Crippen LogP contribution in [0.5, 0.6) is 23.0 Å². The van der Waals surface area contributed by atoms with Crippen LogP contribution in [-0.4, -0.2) is 20.4 Å². The molecule has 5 aromatic rings. The molecule has 0 unspecified atom stereocenters. The van der Waals surface area contributed by atoms with Crippen molar-refractivity contribution >= 4 is 33.3 Å². The first-order valence-corrected chi connectivity index (χ1v) is 16.0. The number of hydrogen-bond acceptors (Lipinski definition) is 5. The van der Waals surface area contributed by atoms with Crippen molar-refractivity contribution in [2.75, 3.05) is 0 Å². The van der Waals surface area contributed by atoms with Crippen molar-refractivity contribution in [2.24, 2.45) is 5.92 Å². The van der Waals surface area contributed by atoms with Crippen molar-refractivity contribution in [2.45, 2.75) is 74.0 Å². The van der Waals surface area contributed by atoms with E-state index in [4.69, 9.17) is 0 Å². The second kappa shape index (κ2) is 12.2. The van der Waals surface area contributed by atoms with Gasteiger partial charge in [0.15, 0.2) is 0 Å². The molecule has 42 heavy (non-hydrogen) atoms. The molecule has 6 rings (SSSR count). The average Bonchev–Trinajstić information content (AvgIpc) is 3.02. The van der Waals surface area contributed by atoms with Gasteiger partial charge in [-0.2, -0.15) is 0 Å². The summed E-state index contributed by atoms with van der Waals surface area (Å²) in [4.78, 5) is 1.72. The molecule has 0 amide bonds. The highest BCUT2D eigenvalue weighted by molar-refractivity contribution is 7.99. The van der Waals surface area contributed by atoms with Crippen LogP contribution in [0.4, 0.5) is 0 Å². The van der Waals surface area contributed by atoms with Crippen LogP contribution in [0.1, 0.15) is 69.8 Å². The maximum atomic E-state index is 11.2. The summed E-state index contributed by atoms with van der Waals surface area (Å²) in [5.41, 5.74) is 3.80. The van der Waals surface area contributed by atoms with Crippen molar-refractivity contribution < 1.29 is 20.4 Å². The van der Waals surface area contributed by atoms with Crippen LogP contribution in [0.3, 0.4) is 0 Å². The summed E-state index contributed by atoms with van der Waals surface area (Å²) in [5, 5.41) is 43.8. The van der Waals surface area contributed by atoms with E-state index in [1.807, 2.05) is 12.1 Å². The highest BCUT2D eigenvalue weighted by atomic mass is 32.2. The van der Waals surface area contributed by atoms with Crippen molar-refractivity contribution in [3.8, 4) is 34.1 Å². The summed E-state index contributed by atoms with van der Waals surface area (Å²) in [5.74, 6) is 0.849. The number of phenols is 4. The number of benzene rings is 5. The van der Waals surface area contributed by atoms with Gasteiger partial charge in [-0.1, -0.05) is 92.9 Å². The van der Waals surface area contributed by atoms with E-state index in [1.54, 1.807) is 6.07 Å². The van der Waals surface area contributed by atoms with Crippen LogP contribution in [0, 0.1) is 5.92 Å². The Bertz CT molecular complexity index is 1700. The van der Waals surface area contributed by atoms with E-state index in [-0.39, 0.29) is 33.8 Å². The number of fused-ring (bicyclic) bond motifs is 2. The maximum absolute atomic E-state index is 11.2. The second-order valence-corrected chi connectivity index (χ2v) is 12.8. The zero-order valence-electron chi connectivity index (χ0n) is 24.0. The molecule has 0 heterocycles.